The van der Waals surface area contributed by atoms with Crippen LogP contribution in [0, 0.1) is 13.8 Å². The minimum Gasteiger partial charge on any atom is -0.380 e. The van der Waals surface area contributed by atoms with Crippen molar-refractivity contribution in [2.24, 2.45) is 0 Å². The van der Waals surface area contributed by atoms with Crippen LogP contribution in [0.4, 0.5) is 0 Å². The van der Waals surface area contributed by atoms with Crippen LogP contribution in [0.2, 0.25) is 0 Å². The molecule has 0 saturated carbocycles. The van der Waals surface area contributed by atoms with E-state index in [1.807, 2.05) is 13.8 Å². The van der Waals surface area contributed by atoms with Crippen LogP contribution in [0.3, 0.4) is 0 Å². The molecule has 5 heteroatoms. The van der Waals surface area contributed by atoms with Gasteiger partial charge in [-0.1, -0.05) is 29.4 Å². The number of hydrogen-bond acceptors (Lipinski definition) is 5. The molecule has 0 radical (unpaired) electrons. The highest BCUT2D eigenvalue weighted by molar-refractivity contribution is 5.33. The number of benzene rings is 1. The molecular formula is C20H26N2O3. The van der Waals surface area contributed by atoms with E-state index >= 15 is 0 Å². The summed E-state index contributed by atoms with van der Waals surface area (Å²) >= 11 is 0. The van der Waals surface area contributed by atoms with Crippen LogP contribution >= 0.6 is 0 Å². The Balaban J connectivity index is 1.37. The molecule has 1 aromatic heterocycles. The summed E-state index contributed by atoms with van der Waals surface area (Å²) in [4.78, 5) is 0. The molecular weight excluding hydrogens is 316 g/mol. The first kappa shape index (κ1) is 16.8. The number of rotatable bonds is 5. The van der Waals surface area contributed by atoms with E-state index in [2.05, 4.69) is 34.7 Å². The van der Waals surface area contributed by atoms with Crippen molar-refractivity contribution < 1.29 is 14.0 Å². The predicted octanol–water partition coefficient (Wildman–Crippen LogP) is 2.72. The van der Waals surface area contributed by atoms with Gasteiger partial charge in [0.1, 0.15) is 5.76 Å². The normalized spacial score (nSPS) is 23.8. The third kappa shape index (κ3) is 3.64. The van der Waals surface area contributed by atoms with Gasteiger partial charge in [0.25, 0.3) is 0 Å². The zero-order valence-corrected chi connectivity index (χ0v) is 15.0. The predicted molar refractivity (Wildman–Crippen MR) is 94.6 cm³/mol. The van der Waals surface area contributed by atoms with Crippen molar-refractivity contribution >= 4 is 0 Å². The summed E-state index contributed by atoms with van der Waals surface area (Å²) in [6.07, 6.45) is 3.25. The molecule has 1 N–H and O–H groups in total. The number of hydrogen-bond donors (Lipinski definition) is 1. The largest absolute Gasteiger partial charge is 0.380 e. The lowest BCUT2D eigenvalue weighted by molar-refractivity contribution is -0.0653. The van der Waals surface area contributed by atoms with Crippen molar-refractivity contribution in [3.8, 4) is 0 Å². The fraction of sp³-hybridized carbons (Fsp3) is 0.550. The molecule has 25 heavy (non-hydrogen) atoms. The van der Waals surface area contributed by atoms with Crippen molar-refractivity contribution in [2.75, 3.05) is 13.2 Å². The van der Waals surface area contributed by atoms with Crippen LogP contribution in [0.25, 0.3) is 0 Å². The standard InChI is InChI=1S/C20H26N2O3/c1-13-18(14(2)25-22-13)11-24-20-7-8-23-12-19(20)21-17-9-15-5-3-4-6-16(15)10-17/h3-6,17,19-21H,7-12H2,1-2H3/t19-,20+/m1/s1. The van der Waals surface area contributed by atoms with Crippen molar-refractivity contribution in [3.05, 3.63) is 52.4 Å². The minimum atomic E-state index is 0.158. The molecule has 2 aliphatic rings. The molecule has 2 aromatic rings. The Kier molecular flexibility index (Phi) is 4.88. The summed E-state index contributed by atoms with van der Waals surface area (Å²) in [7, 11) is 0. The molecule has 1 saturated heterocycles. The van der Waals surface area contributed by atoms with Gasteiger partial charge >= 0.3 is 0 Å². The van der Waals surface area contributed by atoms with Gasteiger partial charge in [0.2, 0.25) is 0 Å². The Hall–Kier alpha value is -1.69. The third-order valence-corrected chi connectivity index (χ3v) is 5.42. The van der Waals surface area contributed by atoms with E-state index < -0.39 is 0 Å². The van der Waals surface area contributed by atoms with Gasteiger partial charge in [0, 0.05) is 18.2 Å². The molecule has 2 heterocycles. The summed E-state index contributed by atoms with van der Waals surface area (Å²) in [5.41, 5.74) is 4.91. The first-order valence-corrected chi connectivity index (χ1v) is 9.14. The molecule has 0 unspecified atom stereocenters. The van der Waals surface area contributed by atoms with Crippen LogP contribution in [-0.4, -0.2) is 36.6 Å². The monoisotopic (exact) mass is 342 g/mol. The van der Waals surface area contributed by atoms with E-state index in [4.69, 9.17) is 14.0 Å². The number of nitrogens with one attached hydrogen (secondary N) is 1. The van der Waals surface area contributed by atoms with Gasteiger partial charge in [-0.05, 0) is 44.2 Å². The first-order valence-electron chi connectivity index (χ1n) is 9.14. The molecule has 2 atom stereocenters. The Labute approximate surface area is 148 Å². The van der Waals surface area contributed by atoms with E-state index in [9.17, 15) is 0 Å². The smallest absolute Gasteiger partial charge is 0.139 e. The van der Waals surface area contributed by atoms with Gasteiger partial charge in [-0.2, -0.15) is 0 Å². The molecule has 134 valence electrons. The van der Waals surface area contributed by atoms with Gasteiger partial charge in [-0.25, -0.2) is 0 Å². The zero-order chi connectivity index (χ0) is 17.2. The van der Waals surface area contributed by atoms with Crippen LogP contribution in [0.1, 0.15) is 34.6 Å². The van der Waals surface area contributed by atoms with Gasteiger partial charge in [-0.15, -0.1) is 0 Å². The zero-order valence-electron chi connectivity index (χ0n) is 15.0. The Morgan fingerprint density at radius 2 is 1.96 bits per heavy atom. The van der Waals surface area contributed by atoms with Gasteiger partial charge in [0.15, 0.2) is 0 Å². The van der Waals surface area contributed by atoms with E-state index in [0.717, 1.165) is 42.9 Å². The molecule has 1 aliphatic carbocycles. The average molecular weight is 342 g/mol. The summed E-state index contributed by atoms with van der Waals surface area (Å²) in [6.45, 7) is 5.92. The van der Waals surface area contributed by atoms with Crippen LogP contribution in [0.15, 0.2) is 28.8 Å². The van der Waals surface area contributed by atoms with Crippen molar-refractivity contribution in [1.29, 1.82) is 0 Å². The molecule has 5 nitrogen and oxygen atoms in total. The lowest BCUT2D eigenvalue weighted by Gasteiger charge is -2.34. The van der Waals surface area contributed by atoms with E-state index in [1.54, 1.807) is 0 Å². The van der Waals surface area contributed by atoms with Gasteiger partial charge < -0.3 is 19.3 Å². The van der Waals surface area contributed by atoms with E-state index in [0.29, 0.717) is 19.3 Å². The topological polar surface area (TPSA) is 56.5 Å². The highest BCUT2D eigenvalue weighted by Gasteiger charge is 2.31. The highest BCUT2D eigenvalue weighted by Crippen LogP contribution is 2.24. The van der Waals surface area contributed by atoms with Gasteiger partial charge in [0.05, 0.1) is 31.1 Å². The molecule has 1 aliphatic heterocycles. The second kappa shape index (κ2) is 7.28. The van der Waals surface area contributed by atoms with Crippen molar-refractivity contribution in [1.82, 2.24) is 10.5 Å². The Bertz CT molecular complexity index is 683. The molecule has 1 fully saturated rings. The van der Waals surface area contributed by atoms with E-state index in [-0.39, 0.29) is 12.1 Å². The van der Waals surface area contributed by atoms with Crippen LogP contribution in [-0.2, 0) is 28.9 Å². The number of ether oxygens (including phenoxy) is 2. The first-order chi connectivity index (χ1) is 12.2. The van der Waals surface area contributed by atoms with Crippen LogP contribution < -0.4 is 5.32 Å². The fourth-order valence-electron chi connectivity index (χ4n) is 3.95. The third-order valence-electron chi connectivity index (χ3n) is 5.42. The second-order valence-electron chi connectivity index (χ2n) is 7.16. The second-order valence-corrected chi connectivity index (χ2v) is 7.16. The molecule has 1 aromatic carbocycles. The maximum atomic E-state index is 6.25. The average Bonchev–Trinajstić information content (AvgIpc) is 3.17. The minimum absolute atomic E-state index is 0.158. The molecule has 0 bridgehead atoms. The van der Waals surface area contributed by atoms with E-state index in [1.165, 1.54) is 11.1 Å². The highest BCUT2D eigenvalue weighted by atomic mass is 16.5. The van der Waals surface area contributed by atoms with Gasteiger partial charge in [-0.3, -0.25) is 0 Å². The SMILES string of the molecule is Cc1noc(C)c1CO[C@H]1CCOC[C@H]1NC1Cc2ccccc2C1. The summed E-state index contributed by atoms with van der Waals surface area (Å²) in [5, 5.41) is 7.79. The Morgan fingerprint density at radius 1 is 1.20 bits per heavy atom. The molecule has 0 spiro atoms. The summed E-state index contributed by atoms with van der Waals surface area (Å²) in [6, 6.07) is 9.42. The van der Waals surface area contributed by atoms with Crippen molar-refractivity contribution in [3.63, 3.8) is 0 Å². The number of fused-ring (bicyclic) bond motifs is 1. The number of nitrogens with zero attached hydrogens (tertiary/aromatic N) is 1. The fourth-order valence-corrected chi connectivity index (χ4v) is 3.95. The molecule has 0 amide bonds. The number of aromatic nitrogens is 1. The Morgan fingerprint density at radius 3 is 2.64 bits per heavy atom. The summed E-state index contributed by atoms with van der Waals surface area (Å²) in [5.74, 6) is 0.848. The molecule has 4 rings (SSSR count). The maximum absolute atomic E-state index is 6.25. The lowest BCUT2D eigenvalue weighted by Crippen LogP contribution is -2.52. The van der Waals surface area contributed by atoms with Crippen LogP contribution in [0.5, 0.6) is 0 Å². The summed E-state index contributed by atoms with van der Waals surface area (Å²) < 4.78 is 17.2. The number of aryl methyl sites for hydroxylation is 2. The quantitative estimate of drug-likeness (QED) is 0.905. The lowest BCUT2D eigenvalue weighted by atomic mass is 10.0. The van der Waals surface area contributed by atoms with Crippen molar-refractivity contribution in [2.45, 2.75) is 57.9 Å². The maximum Gasteiger partial charge on any atom is 0.139 e.